The number of hydrogen-bond acceptors (Lipinski definition) is 7. The second-order valence-corrected chi connectivity index (χ2v) is 8.09. The number of nitrogens with zero attached hydrogens (tertiary/aromatic N) is 6. The van der Waals surface area contributed by atoms with E-state index in [0.29, 0.717) is 19.2 Å². The van der Waals surface area contributed by atoms with E-state index in [2.05, 4.69) is 10.00 Å². The topological polar surface area (TPSA) is 96.6 Å². The molecule has 2 aliphatic heterocycles. The highest BCUT2D eigenvalue weighted by molar-refractivity contribution is 5.91. The number of hydrogen-bond donors (Lipinski definition) is 1. The Morgan fingerprint density at radius 2 is 1.90 bits per heavy atom. The van der Waals surface area contributed by atoms with Crippen LogP contribution in [0.3, 0.4) is 0 Å². The molecule has 0 aliphatic carbocycles. The molecule has 1 amide bonds. The first-order valence-electron chi connectivity index (χ1n) is 10.7. The summed E-state index contributed by atoms with van der Waals surface area (Å²) in [5.41, 5.74) is 2.37. The summed E-state index contributed by atoms with van der Waals surface area (Å²) in [6.07, 6.45) is 3.50. The zero-order chi connectivity index (χ0) is 21.4. The number of carbonyl (C=O) groups excluding carboxylic acids is 1. The number of aromatic hydroxyl groups is 1. The number of rotatable bonds is 3. The molecule has 2 fully saturated rings. The summed E-state index contributed by atoms with van der Waals surface area (Å²) in [7, 11) is 0. The molecule has 0 unspecified atom stereocenters. The minimum atomic E-state index is 0.117. The van der Waals surface area contributed by atoms with Crippen molar-refractivity contribution in [3.63, 3.8) is 0 Å². The smallest absolute Gasteiger partial charge is 0.228 e. The van der Waals surface area contributed by atoms with Crippen LogP contribution in [-0.4, -0.2) is 75.1 Å². The first-order valence-corrected chi connectivity index (χ1v) is 10.7. The molecule has 0 radical (unpaired) electrons. The van der Waals surface area contributed by atoms with Crippen LogP contribution >= 0.6 is 0 Å². The number of aromatic nitrogens is 4. The molecule has 0 saturated carbocycles. The van der Waals surface area contributed by atoms with Crippen LogP contribution in [0.25, 0.3) is 22.3 Å². The highest BCUT2D eigenvalue weighted by Crippen LogP contribution is 2.33. The maximum absolute atomic E-state index is 11.7. The summed E-state index contributed by atoms with van der Waals surface area (Å²) in [5, 5.41) is 15.6. The zero-order valence-electron chi connectivity index (χ0n) is 17.6. The Balaban J connectivity index is 1.59. The van der Waals surface area contributed by atoms with Crippen LogP contribution in [0.1, 0.15) is 25.8 Å². The van der Waals surface area contributed by atoms with Crippen LogP contribution in [0.5, 0.6) is 5.75 Å². The lowest BCUT2D eigenvalue weighted by Gasteiger charge is -2.31. The van der Waals surface area contributed by atoms with Crippen LogP contribution in [0, 0.1) is 0 Å². The molecule has 0 bridgehead atoms. The number of fused-ring (bicyclic) bond motifs is 1. The van der Waals surface area contributed by atoms with Gasteiger partial charge in [0.1, 0.15) is 5.75 Å². The molecule has 4 heterocycles. The van der Waals surface area contributed by atoms with Crippen molar-refractivity contribution in [3.05, 3.63) is 30.5 Å². The third-order valence-corrected chi connectivity index (χ3v) is 6.11. The van der Waals surface area contributed by atoms with Crippen molar-refractivity contribution in [2.75, 3.05) is 44.3 Å². The number of ether oxygens (including phenoxy) is 1. The lowest BCUT2D eigenvalue weighted by Crippen LogP contribution is -2.38. The SMILES string of the molecule is CC(=O)N1CCC(n2ncc3c(-c4cccc(O)c4)nc(N4CCOCC4)nc32)CC1. The zero-order valence-corrected chi connectivity index (χ0v) is 17.6. The van der Waals surface area contributed by atoms with E-state index in [1.165, 1.54) is 0 Å². The average Bonchev–Trinajstić information content (AvgIpc) is 3.23. The predicted octanol–water partition coefficient (Wildman–Crippen LogP) is 2.22. The molecule has 2 aromatic heterocycles. The highest BCUT2D eigenvalue weighted by Gasteiger charge is 2.26. The van der Waals surface area contributed by atoms with Crippen molar-refractivity contribution in [2.24, 2.45) is 0 Å². The summed E-state index contributed by atoms with van der Waals surface area (Å²) >= 11 is 0. The lowest BCUT2D eigenvalue weighted by molar-refractivity contribution is -0.130. The van der Waals surface area contributed by atoms with E-state index < -0.39 is 0 Å². The quantitative estimate of drug-likeness (QED) is 0.691. The van der Waals surface area contributed by atoms with Gasteiger partial charge >= 0.3 is 0 Å². The Morgan fingerprint density at radius 3 is 2.61 bits per heavy atom. The van der Waals surface area contributed by atoms with Gasteiger partial charge in [-0.2, -0.15) is 10.1 Å². The minimum Gasteiger partial charge on any atom is -0.508 e. The van der Waals surface area contributed by atoms with E-state index in [-0.39, 0.29) is 17.7 Å². The molecule has 2 saturated heterocycles. The molecule has 2 aliphatic rings. The summed E-state index contributed by atoms with van der Waals surface area (Å²) in [6.45, 7) is 5.82. The van der Waals surface area contributed by atoms with Gasteiger partial charge in [-0.25, -0.2) is 9.67 Å². The number of phenolic OH excluding ortho intramolecular Hbond substituents is 1. The molecular weight excluding hydrogens is 396 g/mol. The standard InChI is InChI=1S/C22H26N6O3/c1-15(29)26-7-5-17(6-8-26)28-21-19(14-23-28)20(16-3-2-4-18(30)13-16)24-22(25-21)27-9-11-31-12-10-27/h2-4,13-14,17,30H,5-12H2,1H3. The highest BCUT2D eigenvalue weighted by atomic mass is 16.5. The van der Waals surface area contributed by atoms with E-state index in [9.17, 15) is 9.90 Å². The molecule has 9 heteroatoms. The molecule has 1 N–H and O–H groups in total. The molecule has 9 nitrogen and oxygen atoms in total. The Bertz CT molecular complexity index is 1100. The maximum Gasteiger partial charge on any atom is 0.228 e. The second kappa shape index (κ2) is 8.14. The van der Waals surface area contributed by atoms with Gasteiger partial charge < -0.3 is 19.6 Å². The summed E-state index contributed by atoms with van der Waals surface area (Å²) in [6, 6.07) is 7.30. The van der Waals surface area contributed by atoms with Crippen LogP contribution in [0.2, 0.25) is 0 Å². The number of amides is 1. The molecule has 5 rings (SSSR count). The third-order valence-electron chi connectivity index (χ3n) is 6.11. The van der Waals surface area contributed by atoms with Crippen molar-refractivity contribution in [1.82, 2.24) is 24.6 Å². The van der Waals surface area contributed by atoms with Crippen LogP contribution < -0.4 is 4.90 Å². The molecule has 3 aromatic rings. The van der Waals surface area contributed by atoms with Gasteiger partial charge in [-0.15, -0.1) is 0 Å². The first kappa shape index (κ1) is 19.7. The fourth-order valence-electron chi connectivity index (χ4n) is 4.38. The Labute approximate surface area is 180 Å². The number of piperidine rings is 1. The van der Waals surface area contributed by atoms with Crippen molar-refractivity contribution in [3.8, 4) is 17.0 Å². The molecule has 31 heavy (non-hydrogen) atoms. The van der Waals surface area contributed by atoms with Gasteiger partial charge in [0, 0.05) is 38.7 Å². The Kier molecular flexibility index (Phi) is 5.19. The summed E-state index contributed by atoms with van der Waals surface area (Å²) in [4.78, 5) is 25.5. The molecule has 0 spiro atoms. The van der Waals surface area contributed by atoms with Gasteiger partial charge in [-0.1, -0.05) is 12.1 Å². The summed E-state index contributed by atoms with van der Waals surface area (Å²) in [5.74, 6) is 0.963. The van der Waals surface area contributed by atoms with Gasteiger partial charge in [0.2, 0.25) is 11.9 Å². The lowest BCUT2D eigenvalue weighted by atomic mass is 10.0. The number of morpholine rings is 1. The van der Waals surface area contributed by atoms with Crippen LogP contribution in [-0.2, 0) is 9.53 Å². The van der Waals surface area contributed by atoms with E-state index in [0.717, 1.165) is 61.3 Å². The second-order valence-electron chi connectivity index (χ2n) is 8.09. The fourth-order valence-corrected chi connectivity index (χ4v) is 4.38. The molecule has 1 aromatic carbocycles. The average molecular weight is 422 g/mol. The maximum atomic E-state index is 11.7. The number of carbonyl (C=O) groups is 1. The van der Waals surface area contributed by atoms with Gasteiger partial charge in [-0.3, -0.25) is 4.79 Å². The molecule has 0 atom stereocenters. The van der Waals surface area contributed by atoms with E-state index in [1.807, 2.05) is 27.9 Å². The predicted molar refractivity (Wildman–Crippen MR) is 116 cm³/mol. The van der Waals surface area contributed by atoms with Gasteiger partial charge in [0.15, 0.2) is 5.65 Å². The van der Waals surface area contributed by atoms with Gasteiger partial charge in [-0.05, 0) is 25.0 Å². The number of anilines is 1. The first-order chi connectivity index (χ1) is 15.1. The van der Waals surface area contributed by atoms with Gasteiger partial charge in [0.25, 0.3) is 0 Å². The molecule has 162 valence electrons. The minimum absolute atomic E-state index is 0.117. The Morgan fingerprint density at radius 1 is 1.13 bits per heavy atom. The fraction of sp³-hybridized carbons (Fsp3) is 0.455. The van der Waals surface area contributed by atoms with Crippen molar-refractivity contribution >= 4 is 22.9 Å². The van der Waals surface area contributed by atoms with Crippen molar-refractivity contribution < 1.29 is 14.6 Å². The molecular formula is C22H26N6O3. The number of likely N-dealkylation sites (tertiary alicyclic amines) is 1. The normalized spacial score (nSPS) is 18.0. The van der Waals surface area contributed by atoms with Gasteiger partial charge in [0.05, 0.1) is 36.5 Å². The third kappa shape index (κ3) is 3.81. The van der Waals surface area contributed by atoms with Crippen LogP contribution in [0.15, 0.2) is 30.5 Å². The van der Waals surface area contributed by atoms with Crippen molar-refractivity contribution in [2.45, 2.75) is 25.8 Å². The van der Waals surface area contributed by atoms with E-state index >= 15 is 0 Å². The number of phenols is 1. The van der Waals surface area contributed by atoms with Crippen LogP contribution in [0.4, 0.5) is 5.95 Å². The summed E-state index contributed by atoms with van der Waals surface area (Å²) < 4.78 is 7.48. The van der Waals surface area contributed by atoms with E-state index in [1.54, 1.807) is 19.1 Å². The largest absolute Gasteiger partial charge is 0.508 e. The van der Waals surface area contributed by atoms with Crippen molar-refractivity contribution in [1.29, 1.82) is 0 Å². The van der Waals surface area contributed by atoms with E-state index in [4.69, 9.17) is 14.7 Å². The number of benzene rings is 1. The monoisotopic (exact) mass is 422 g/mol. The Hall–Kier alpha value is -3.20.